The van der Waals surface area contributed by atoms with Crippen LogP contribution in [0.5, 0.6) is 0 Å². The molecular weight excluding hydrogens is 228 g/mol. The Morgan fingerprint density at radius 2 is 1.94 bits per heavy atom. The van der Waals surface area contributed by atoms with E-state index in [9.17, 15) is 4.79 Å². The van der Waals surface area contributed by atoms with Crippen molar-refractivity contribution in [2.75, 3.05) is 6.61 Å². The van der Waals surface area contributed by atoms with Crippen LogP contribution in [0.25, 0.3) is 0 Å². The Bertz CT molecular complexity index is 454. The third kappa shape index (κ3) is 2.01. The van der Waals surface area contributed by atoms with E-state index in [-0.39, 0.29) is 23.9 Å². The number of hydrogen-bond donors (Lipinski definition) is 0. The molecule has 1 aliphatic carbocycles. The van der Waals surface area contributed by atoms with Crippen LogP contribution in [0.4, 0.5) is 0 Å². The van der Waals surface area contributed by atoms with Crippen LogP contribution in [-0.2, 0) is 14.3 Å². The number of hydrogen-bond acceptors (Lipinski definition) is 3. The maximum Gasteiger partial charge on any atom is 0.307 e. The monoisotopic (exact) mass is 244 g/mol. The van der Waals surface area contributed by atoms with E-state index in [1.807, 2.05) is 24.3 Å². The van der Waals surface area contributed by atoms with Gasteiger partial charge in [0.25, 0.3) is 0 Å². The molecule has 3 rings (SSSR count). The van der Waals surface area contributed by atoms with Crippen molar-refractivity contribution in [3.05, 3.63) is 48.8 Å². The Labute approximate surface area is 106 Å². The average molecular weight is 244 g/mol. The molecule has 2 heterocycles. The summed E-state index contributed by atoms with van der Waals surface area (Å²) in [4.78, 5) is 11.3. The van der Waals surface area contributed by atoms with Gasteiger partial charge in [0, 0.05) is 17.8 Å². The molecule has 18 heavy (non-hydrogen) atoms. The van der Waals surface area contributed by atoms with E-state index in [1.165, 1.54) is 0 Å². The molecule has 0 saturated carbocycles. The molecule has 0 amide bonds. The van der Waals surface area contributed by atoms with Crippen molar-refractivity contribution >= 4 is 5.97 Å². The molecule has 0 spiro atoms. The highest BCUT2D eigenvalue weighted by Crippen LogP contribution is 2.33. The summed E-state index contributed by atoms with van der Waals surface area (Å²) in [7, 11) is 0. The predicted octanol–water partition coefficient (Wildman–Crippen LogP) is 2.38. The first-order chi connectivity index (χ1) is 8.74. The highest BCUT2D eigenvalue weighted by atomic mass is 16.5. The second-order valence-electron chi connectivity index (χ2n) is 4.94. The van der Waals surface area contributed by atoms with E-state index < -0.39 is 0 Å². The molecule has 2 fully saturated rings. The van der Waals surface area contributed by atoms with Gasteiger partial charge in [-0.2, -0.15) is 0 Å². The summed E-state index contributed by atoms with van der Waals surface area (Å²) in [6.45, 7) is 4.58. The molecule has 3 aliphatic rings. The lowest BCUT2D eigenvalue weighted by atomic mass is 9.90. The van der Waals surface area contributed by atoms with Gasteiger partial charge in [0.05, 0.1) is 18.8 Å². The summed E-state index contributed by atoms with van der Waals surface area (Å²) in [6, 6.07) is 0. The highest BCUT2D eigenvalue weighted by molar-refractivity contribution is 5.73. The summed E-state index contributed by atoms with van der Waals surface area (Å²) in [6.07, 6.45) is 12.6. The molecule has 0 aromatic heterocycles. The highest BCUT2D eigenvalue weighted by Gasteiger charge is 2.33. The third-order valence-electron chi connectivity index (χ3n) is 3.72. The minimum atomic E-state index is -0.130. The van der Waals surface area contributed by atoms with Gasteiger partial charge in [-0.25, -0.2) is 0 Å². The number of allylic oxidation sites excluding steroid dienone is 3. The molecule has 0 radical (unpaired) electrons. The molecule has 94 valence electrons. The second-order valence-corrected chi connectivity index (χ2v) is 4.94. The molecule has 0 N–H and O–H groups in total. The minimum Gasteiger partial charge on any atom is -0.497 e. The zero-order chi connectivity index (χ0) is 12.5. The Morgan fingerprint density at radius 3 is 2.83 bits per heavy atom. The fraction of sp³-hybridized carbons (Fsp3) is 0.400. The fourth-order valence-electron chi connectivity index (χ4n) is 2.67. The lowest BCUT2D eigenvalue weighted by Gasteiger charge is -2.13. The summed E-state index contributed by atoms with van der Waals surface area (Å²) < 4.78 is 10.8. The Kier molecular flexibility index (Phi) is 2.82. The molecule has 0 aromatic rings. The van der Waals surface area contributed by atoms with Crippen molar-refractivity contribution in [1.82, 2.24) is 0 Å². The quantitative estimate of drug-likeness (QED) is 0.485. The Balaban J connectivity index is 1.88. The van der Waals surface area contributed by atoms with Crippen LogP contribution < -0.4 is 0 Å². The lowest BCUT2D eigenvalue weighted by molar-refractivity contribution is -0.140. The summed E-state index contributed by atoms with van der Waals surface area (Å²) >= 11 is 0. The Hall–Kier alpha value is -1.77. The standard InChI is InChI=1S/C15H16O3/c1-10-13-5-3-2-4-11-8-15(16)18-14(11)7-6-12(13)9-17-10/h2-7,11-14H,1,8-9H2/b4-2+,5-3-,7-6+. The zero-order valence-electron chi connectivity index (χ0n) is 10.1. The number of rotatable bonds is 0. The van der Waals surface area contributed by atoms with Gasteiger partial charge in [-0.15, -0.1) is 0 Å². The van der Waals surface area contributed by atoms with E-state index >= 15 is 0 Å². The van der Waals surface area contributed by atoms with Crippen LogP contribution in [-0.4, -0.2) is 18.7 Å². The SMILES string of the molecule is C=C1OCC2/C=C/C3OC(=O)CC3/C=C/C=C\C12. The largest absolute Gasteiger partial charge is 0.497 e. The normalized spacial score (nSPS) is 43.3. The third-order valence-corrected chi connectivity index (χ3v) is 3.72. The zero-order valence-corrected chi connectivity index (χ0v) is 10.1. The molecule has 3 heteroatoms. The Morgan fingerprint density at radius 1 is 1.11 bits per heavy atom. The molecule has 3 nitrogen and oxygen atoms in total. The first-order valence-corrected chi connectivity index (χ1v) is 6.28. The van der Waals surface area contributed by atoms with Crippen molar-refractivity contribution in [3.8, 4) is 0 Å². The van der Waals surface area contributed by atoms with Crippen LogP contribution >= 0.6 is 0 Å². The van der Waals surface area contributed by atoms with Crippen LogP contribution in [0, 0.1) is 17.8 Å². The second kappa shape index (κ2) is 4.48. The van der Waals surface area contributed by atoms with Crippen LogP contribution in [0.3, 0.4) is 0 Å². The maximum atomic E-state index is 11.3. The van der Waals surface area contributed by atoms with Crippen LogP contribution in [0.2, 0.25) is 0 Å². The molecule has 0 aromatic carbocycles. The lowest BCUT2D eigenvalue weighted by Crippen LogP contribution is -2.14. The van der Waals surface area contributed by atoms with Gasteiger partial charge in [-0.3, -0.25) is 4.79 Å². The van der Waals surface area contributed by atoms with E-state index in [4.69, 9.17) is 9.47 Å². The van der Waals surface area contributed by atoms with Gasteiger partial charge < -0.3 is 9.47 Å². The maximum absolute atomic E-state index is 11.3. The van der Waals surface area contributed by atoms with E-state index in [0.717, 1.165) is 5.76 Å². The average Bonchev–Trinajstić information content (AvgIpc) is 2.87. The van der Waals surface area contributed by atoms with Crippen molar-refractivity contribution in [3.63, 3.8) is 0 Å². The van der Waals surface area contributed by atoms with E-state index in [2.05, 4.69) is 18.7 Å². The number of fused-ring (bicyclic) bond motifs is 2. The van der Waals surface area contributed by atoms with Gasteiger partial charge in [0.15, 0.2) is 0 Å². The van der Waals surface area contributed by atoms with Crippen molar-refractivity contribution in [2.24, 2.45) is 17.8 Å². The van der Waals surface area contributed by atoms with Crippen LogP contribution in [0.1, 0.15) is 6.42 Å². The number of carbonyl (C=O) groups excluding carboxylic acids is 1. The predicted molar refractivity (Wildman–Crippen MR) is 67.5 cm³/mol. The van der Waals surface area contributed by atoms with Gasteiger partial charge in [-0.1, -0.05) is 37.0 Å². The molecule has 4 atom stereocenters. The van der Waals surface area contributed by atoms with Gasteiger partial charge in [0.2, 0.25) is 0 Å². The van der Waals surface area contributed by atoms with Crippen molar-refractivity contribution in [2.45, 2.75) is 12.5 Å². The molecular formula is C15H16O3. The summed E-state index contributed by atoms with van der Waals surface area (Å²) in [5.74, 6) is 1.36. The van der Waals surface area contributed by atoms with Gasteiger partial charge >= 0.3 is 5.97 Å². The summed E-state index contributed by atoms with van der Waals surface area (Å²) in [5.41, 5.74) is 0. The number of ether oxygens (including phenoxy) is 2. The van der Waals surface area contributed by atoms with Crippen LogP contribution in [0.15, 0.2) is 48.8 Å². The molecule has 4 unspecified atom stereocenters. The number of esters is 1. The molecule has 0 bridgehead atoms. The smallest absolute Gasteiger partial charge is 0.307 e. The minimum absolute atomic E-state index is 0.119. The van der Waals surface area contributed by atoms with Gasteiger partial charge in [-0.05, 0) is 6.08 Å². The topological polar surface area (TPSA) is 35.5 Å². The molecule has 2 saturated heterocycles. The van der Waals surface area contributed by atoms with Gasteiger partial charge in [0.1, 0.15) is 6.10 Å². The van der Waals surface area contributed by atoms with Crippen molar-refractivity contribution in [1.29, 1.82) is 0 Å². The van der Waals surface area contributed by atoms with Crippen molar-refractivity contribution < 1.29 is 14.3 Å². The van der Waals surface area contributed by atoms with E-state index in [1.54, 1.807) is 0 Å². The molecule has 2 aliphatic heterocycles. The van der Waals surface area contributed by atoms with E-state index in [0.29, 0.717) is 18.9 Å². The first kappa shape index (κ1) is 11.3. The first-order valence-electron chi connectivity index (χ1n) is 6.28. The summed E-state index contributed by atoms with van der Waals surface area (Å²) in [5, 5.41) is 0. The number of carbonyl (C=O) groups is 1. The fourth-order valence-corrected chi connectivity index (χ4v) is 2.67.